The van der Waals surface area contributed by atoms with E-state index < -0.39 is 0 Å². The number of aryl methyl sites for hydroxylation is 1. The third-order valence-corrected chi connectivity index (χ3v) is 5.04. The molecule has 1 aromatic carbocycles. The van der Waals surface area contributed by atoms with E-state index in [0.29, 0.717) is 11.3 Å². The quantitative estimate of drug-likeness (QED) is 0.574. The predicted molar refractivity (Wildman–Crippen MR) is 118 cm³/mol. The summed E-state index contributed by atoms with van der Waals surface area (Å²) in [5, 5.41) is 4.76. The monoisotopic (exact) mass is 392 g/mol. The maximum Gasteiger partial charge on any atom is 0.272 e. The second kappa shape index (κ2) is 8.36. The molecule has 0 fully saturated rings. The number of hydrogen-bond donors (Lipinski definition) is 0. The van der Waals surface area contributed by atoms with Crippen LogP contribution >= 0.6 is 0 Å². The highest BCUT2D eigenvalue weighted by Gasteiger charge is 2.24. The summed E-state index contributed by atoms with van der Waals surface area (Å²) < 4.78 is 1.72. The molecule has 0 unspecified atom stereocenters. The van der Waals surface area contributed by atoms with Crippen LogP contribution in [0.2, 0.25) is 0 Å². The second-order valence-electron chi connectivity index (χ2n) is 8.73. The summed E-state index contributed by atoms with van der Waals surface area (Å²) in [5.74, 6) is 0.0121. The van der Waals surface area contributed by atoms with Gasteiger partial charge in [-0.2, -0.15) is 5.10 Å². The lowest BCUT2D eigenvalue weighted by atomic mass is 9.93. The fourth-order valence-corrected chi connectivity index (χ4v) is 3.38. The minimum absolute atomic E-state index is 0.0121. The van der Waals surface area contributed by atoms with E-state index in [2.05, 4.69) is 65.8 Å². The molecule has 0 saturated heterocycles. The van der Waals surface area contributed by atoms with Crippen molar-refractivity contribution < 1.29 is 4.79 Å². The molecular formula is C24H32N4O. The Morgan fingerprint density at radius 3 is 2.21 bits per heavy atom. The molecule has 2 aromatic heterocycles. The molecule has 0 bridgehead atoms. The van der Waals surface area contributed by atoms with Crippen LogP contribution in [0.3, 0.4) is 0 Å². The van der Waals surface area contributed by atoms with E-state index in [1.165, 1.54) is 5.56 Å². The molecule has 3 aromatic rings. The van der Waals surface area contributed by atoms with Gasteiger partial charge in [-0.15, -0.1) is 0 Å². The number of hydrogen-bond acceptors (Lipinski definition) is 3. The van der Waals surface area contributed by atoms with Gasteiger partial charge in [-0.3, -0.25) is 4.79 Å². The highest BCUT2D eigenvalue weighted by atomic mass is 16.2. The van der Waals surface area contributed by atoms with Gasteiger partial charge in [-0.25, -0.2) is 9.50 Å². The second-order valence-corrected chi connectivity index (χ2v) is 8.73. The van der Waals surface area contributed by atoms with Crippen molar-refractivity contribution in [3.05, 3.63) is 53.3 Å². The Labute approximate surface area is 173 Å². The Hall–Kier alpha value is -2.69. The largest absolute Gasteiger partial charge is 0.337 e. The van der Waals surface area contributed by atoms with E-state index in [1.54, 1.807) is 4.52 Å². The van der Waals surface area contributed by atoms with Crippen molar-refractivity contribution in [3.8, 4) is 11.3 Å². The summed E-state index contributed by atoms with van der Waals surface area (Å²) >= 11 is 0. The fourth-order valence-electron chi connectivity index (χ4n) is 3.38. The Balaban J connectivity index is 2.20. The average molecular weight is 393 g/mol. The van der Waals surface area contributed by atoms with Gasteiger partial charge in [-0.05, 0) is 25.8 Å². The number of rotatable bonds is 6. The summed E-state index contributed by atoms with van der Waals surface area (Å²) in [5.41, 5.74) is 5.09. The molecule has 154 valence electrons. The maximum absolute atomic E-state index is 13.5. The number of benzene rings is 1. The summed E-state index contributed by atoms with van der Waals surface area (Å²) in [6, 6.07) is 12.1. The van der Waals surface area contributed by atoms with Gasteiger partial charge in [0.1, 0.15) is 5.69 Å². The Morgan fingerprint density at radius 2 is 1.66 bits per heavy atom. The smallest absolute Gasteiger partial charge is 0.272 e. The minimum atomic E-state index is -0.120. The molecule has 3 rings (SSSR count). The number of carbonyl (C=O) groups excluding carboxylic acids is 1. The van der Waals surface area contributed by atoms with E-state index in [0.717, 1.165) is 42.9 Å². The lowest BCUT2D eigenvalue weighted by molar-refractivity contribution is 0.0746. The number of nitrogens with zero attached hydrogens (tertiary/aromatic N) is 4. The molecule has 0 aliphatic carbocycles. The van der Waals surface area contributed by atoms with Crippen LogP contribution in [0.4, 0.5) is 0 Å². The predicted octanol–water partition coefficient (Wildman–Crippen LogP) is 5.26. The van der Waals surface area contributed by atoms with E-state index in [4.69, 9.17) is 10.1 Å². The Kier molecular flexibility index (Phi) is 6.06. The molecule has 0 saturated carbocycles. The molecule has 0 radical (unpaired) electrons. The van der Waals surface area contributed by atoms with Gasteiger partial charge in [0.05, 0.1) is 11.4 Å². The molecule has 5 nitrogen and oxygen atoms in total. The van der Waals surface area contributed by atoms with Crippen molar-refractivity contribution in [2.75, 3.05) is 13.1 Å². The maximum atomic E-state index is 13.5. The lowest BCUT2D eigenvalue weighted by Gasteiger charge is -2.22. The van der Waals surface area contributed by atoms with E-state index in [9.17, 15) is 4.79 Å². The third kappa shape index (κ3) is 4.50. The van der Waals surface area contributed by atoms with Crippen molar-refractivity contribution in [2.45, 2.75) is 59.8 Å². The fraction of sp³-hybridized carbons (Fsp3) is 0.458. The van der Waals surface area contributed by atoms with Crippen molar-refractivity contribution in [3.63, 3.8) is 0 Å². The van der Waals surface area contributed by atoms with Crippen LogP contribution in [0.5, 0.6) is 0 Å². The first-order valence-electron chi connectivity index (χ1n) is 10.5. The van der Waals surface area contributed by atoms with Gasteiger partial charge >= 0.3 is 0 Å². The molecule has 0 spiro atoms. The standard InChI is InChI=1S/C24H32N4O/c1-7-13-27(14-8-2)23(29)20-15-19(18-11-9-17(3)10-12-18)25-22-16-21(24(4,5)6)26-28(20)22/h9-12,15-16H,7-8,13-14H2,1-6H3. The van der Waals surface area contributed by atoms with Crippen LogP contribution in [0.1, 0.15) is 69.2 Å². The van der Waals surface area contributed by atoms with Gasteiger partial charge in [0.2, 0.25) is 0 Å². The number of carbonyl (C=O) groups is 1. The molecule has 2 heterocycles. The molecule has 1 amide bonds. The highest BCUT2D eigenvalue weighted by Crippen LogP contribution is 2.26. The summed E-state index contributed by atoms with van der Waals surface area (Å²) in [4.78, 5) is 20.2. The molecule has 5 heteroatoms. The highest BCUT2D eigenvalue weighted by molar-refractivity contribution is 5.94. The summed E-state index contributed by atoms with van der Waals surface area (Å²) in [6.07, 6.45) is 1.86. The number of amides is 1. The van der Waals surface area contributed by atoms with Gasteiger partial charge in [0, 0.05) is 30.1 Å². The number of aromatic nitrogens is 3. The average Bonchev–Trinajstić information content (AvgIpc) is 3.12. The first kappa shape index (κ1) is 21.0. The van der Waals surface area contributed by atoms with Crippen LogP contribution in [0.25, 0.3) is 16.9 Å². The summed E-state index contributed by atoms with van der Waals surface area (Å²) in [7, 11) is 0. The molecular weight excluding hydrogens is 360 g/mol. The van der Waals surface area contributed by atoms with Gasteiger partial charge in [0.25, 0.3) is 5.91 Å². The zero-order valence-corrected chi connectivity index (χ0v) is 18.5. The first-order valence-corrected chi connectivity index (χ1v) is 10.5. The number of fused-ring (bicyclic) bond motifs is 1. The van der Waals surface area contributed by atoms with E-state index >= 15 is 0 Å². The van der Waals surface area contributed by atoms with Crippen LogP contribution in [0, 0.1) is 6.92 Å². The van der Waals surface area contributed by atoms with Crippen molar-refractivity contribution in [1.82, 2.24) is 19.5 Å². The Morgan fingerprint density at radius 1 is 1.03 bits per heavy atom. The SMILES string of the molecule is CCCN(CCC)C(=O)c1cc(-c2ccc(C)cc2)nc2cc(C(C)(C)C)nn12. The van der Waals surface area contributed by atoms with Gasteiger partial charge in [0.15, 0.2) is 5.65 Å². The minimum Gasteiger partial charge on any atom is -0.337 e. The Bertz CT molecular complexity index is 990. The van der Waals surface area contributed by atoms with E-state index in [-0.39, 0.29) is 11.3 Å². The van der Waals surface area contributed by atoms with E-state index in [1.807, 2.05) is 17.0 Å². The normalized spacial score (nSPS) is 11.8. The molecule has 0 aliphatic heterocycles. The zero-order chi connectivity index (χ0) is 21.2. The van der Waals surface area contributed by atoms with Crippen LogP contribution in [0.15, 0.2) is 36.4 Å². The van der Waals surface area contributed by atoms with Crippen LogP contribution in [-0.2, 0) is 5.41 Å². The van der Waals surface area contributed by atoms with Gasteiger partial charge < -0.3 is 4.90 Å². The lowest BCUT2D eigenvalue weighted by Crippen LogP contribution is -2.34. The summed E-state index contributed by atoms with van der Waals surface area (Å²) in [6.45, 7) is 14.1. The van der Waals surface area contributed by atoms with Crippen molar-refractivity contribution in [1.29, 1.82) is 0 Å². The molecule has 0 aliphatic rings. The van der Waals surface area contributed by atoms with Crippen molar-refractivity contribution >= 4 is 11.6 Å². The van der Waals surface area contributed by atoms with Crippen LogP contribution < -0.4 is 0 Å². The molecule has 0 atom stereocenters. The van der Waals surface area contributed by atoms with Gasteiger partial charge in [-0.1, -0.05) is 64.4 Å². The molecule has 29 heavy (non-hydrogen) atoms. The van der Waals surface area contributed by atoms with Crippen LogP contribution in [-0.4, -0.2) is 38.5 Å². The first-order chi connectivity index (χ1) is 13.7. The molecule has 0 N–H and O–H groups in total. The zero-order valence-electron chi connectivity index (χ0n) is 18.5. The van der Waals surface area contributed by atoms with Crippen molar-refractivity contribution in [2.24, 2.45) is 0 Å². The third-order valence-electron chi connectivity index (χ3n) is 5.04. The topological polar surface area (TPSA) is 50.5 Å².